The number of benzene rings is 1. The molecule has 1 heterocycles. The molecule has 2 N–H and O–H groups in total. The van der Waals surface area contributed by atoms with Gasteiger partial charge in [0.25, 0.3) is 0 Å². The molecule has 0 atom stereocenters. The maximum Gasteiger partial charge on any atom is 0.416 e. The largest absolute Gasteiger partial charge is 0.506 e. The molecule has 0 bridgehead atoms. The molecule has 9 heteroatoms. The van der Waals surface area contributed by atoms with Crippen LogP contribution < -0.4 is 5.43 Å². The fourth-order valence-electron chi connectivity index (χ4n) is 1.44. The molecular weight excluding hydrogens is 371 g/mol. The van der Waals surface area contributed by atoms with Gasteiger partial charge in [-0.15, -0.1) is 11.3 Å². The maximum atomic E-state index is 12.7. The standard InChI is InChI=1S/C12H9BrF3N3OS/c1-6-5-21-11(18-6)19-17-4-7-2-8(12(14,15)16)3-9(13)10(7)20/h2-5,20H,1H3,(H,18,19). The van der Waals surface area contributed by atoms with Crippen LogP contribution in [0.5, 0.6) is 5.75 Å². The molecule has 2 rings (SSSR count). The van der Waals surface area contributed by atoms with Crippen molar-refractivity contribution in [3.63, 3.8) is 0 Å². The fraction of sp³-hybridized carbons (Fsp3) is 0.167. The van der Waals surface area contributed by atoms with Crippen molar-refractivity contribution in [3.8, 4) is 5.75 Å². The van der Waals surface area contributed by atoms with Crippen LogP contribution in [0, 0.1) is 6.92 Å². The van der Waals surface area contributed by atoms with Crippen LogP contribution in [-0.4, -0.2) is 16.3 Å². The fourth-order valence-corrected chi connectivity index (χ4v) is 2.56. The van der Waals surface area contributed by atoms with E-state index >= 15 is 0 Å². The minimum absolute atomic E-state index is 0.0520. The summed E-state index contributed by atoms with van der Waals surface area (Å²) in [6, 6.07) is 1.63. The number of rotatable bonds is 3. The van der Waals surface area contributed by atoms with Crippen molar-refractivity contribution in [2.45, 2.75) is 13.1 Å². The summed E-state index contributed by atoms with van der Waals surface area (Å²) < 4.78 is 38.0. The van der Waals surface area contributed by atoms with Gasteiger partial charge in [0, 0.05) is 10.9 Å². The number of nitrogens with zero attached hydrogens (tertiary/aromatic N) is 2. The van der Waals surface area contributed by atoms with Gasteiger partial charge in [0.1, 0.15) is 5.75 Å². The van der Waals surface area contributed by atoms with Gasteiger partial charge >= 0.3 is 6.18 Å². The molecule has 2 aromatic rings. The van der Waals surface area contributed by atoms with Gasteiger partial charge in [0.15, 0.2) is 0 Å². The third kappa shape index (κ3) is 3.94. The molecule has 21 heavy (non-hydrogen) atoms. The van der Waals surface area contributed by atoms with Gasteiger partial charge in [-0.1, -0.05) is 0 Å². The zero-order valence-electron chi connectivity index (χ0n) is 10.6. The molecule has 0 radical (unpaired) electrons. The summed E-state index contributed by atoms with van der Waals surface area (Å²) in [5, 5.41) is 15.8. The number of phenolic OH excluding ortho intramolecular Hbond substituents is 1. The van der Waals surface area contributed by atoms with Gasteiger partial charge in [-0.25, -0.2) is 4.98 Å². The van der Waals surface area contributed by atoms with Crippen LogP contribution in [0.25, 0.3) is 0 Å². The van der Waals surface area contributed by atoms with Crippen LogP contribution in [-0.2, 0) is 6.18 Å². The quantitative estimate of drug-likeness (QED) is 0.614. The van der Waals surface area contributed by atoms with Crippen molar-refractivity contribution in [2.24, 2.45) is 5.10 Å². The number of aromatic nitrogens is 1. The zero-order chi connectivity index (χ0) is 15.6. The summed E-state index contributed by atoms with van der Waals surface area (Å²) in [7, 11) is 0. The summed E-state index contributed by atoms with van der Waals surface area (Å²) >= 11 is 4.20. The summed E-state index contributed by atoms with van der Waals surface area (Å²) in [5.41, 5.74) is 2.46. The number of nitrogens with one attached hydrogen (secondary N) is 1. The van der Waals surface area contributed by atoms with Crippen LogP contribution in [0.1, 0.15) is 16.8 Å². The molecule has 1 aromatic carbocycles. The number of aromatic hydroxyl groups is 1. The molecular formula is C12H9BrF3N3OS. The van der Waals surface area contributed by atoms with E-state index in [0.29, 0.717) is 5.13 Å². The summed E-state index contributed by atoms with van der Waals surface area (Å²) in [4.78, 5) is 4.08. The maximum absolute atomic E-state index is 12.7. The van der Waals surface area contributed by atoms with Crippen molar-refractivity contribution < 1.29 is 18.3 Å². The highest BCUT2D eigenvalue weighted by molar-refractivity contribution is 9.10. The van der Waals surface area contributed by atoms with Gasteiger partial charge in [-0.3, -0.25) is 5.43 Å². The summed E-state index contributed by atoms with van der Waals surface area (Å²) in [5.74, 6) is -0.316. The second-order valence-electron chi connectivity index (χ2n) is 4.06. The van der Waals surface area contributed by atoms with Crippen molar-refractivity contribution in [3.05, 3.63) is 38.8 Å². The first-order valence-electron chi connectivity index (χ1n) is 5.58. The highest BCUT2D eigenvalue weighted by Gasteiger charge is 2.31. The molecule has 0 fully saturated rings. The number of hydrogen-bond donors (Lipinski definition) is 2. The molecule has 0 aliphatic carbocycles. The van der Waals surface area contributed by atoms with E-state index in [2.05, 4.69) is 31.4 Å². The molecule has 0 saturated carbocycles. The molecule has 0 aliphatic rings. The van der Waals surface area contributed by atoms with Gasteiger partial charge < -0.3 is 5.11 Å². The van der Waals surface area contributed by atoms with Gasteiger partial charge in [-0.2, -0.15) is 18.3 Å². The van der Waals surface area contributed by atoms with E-state index in [0.717, 1.165) is 24.0 Å². The first-order valence-corrected chi connectivity index (χ1v) is 7.25. The Balaban J connectivity index is 2.24. The molecule has 112 valence electrons. The van der Waals surface area contributed by atoms with Crippen molar-refractivity contribution >= 4 is 38.6 Å². The van der Waals surface area contributed by atoms with Crippen molar-refractivity contribution in [1.29, 1.82) is 0 Å². The minimum Gasteiger partial charge on any atom is -0.506 e. The van der Waals surface area contributed by atoms with E-state index in [9.17, 15) is 18.3 Å². The van der Waals surface area contributed by atoms with Crippen LogP contribution in [0.4, 0.5) is 18.3 Å². The average molecular weight is 380 g/mol. The van der Waals surface area contributed by atoms with Crippen LogP contribution in [0.15, 0.2) is 27.1 Å². The Kier molecular flexibility index (Phi) is 4.52. The molecule has 0 aliphatic heterocycles. The lowest BCUT2D eigenvalue weighted by molar-refractivity contribution is -0.137. The van der Waals surface area contributed by atoms with Crippen LogP contribution >= 0.6 is 27.3 Å². The molecule has 1 aromatic heterocycles. The smallest absolute Gasteiger partial charge is 0.416 e. The summed E-state index contributed by atoms with van der Waals surface area (Å²) in [6.07, 6.45) is -3.40. The number of thiazole rings is 1. The lowest BCUT2D eigenvalue weighted by Gasteiger charge is -2.10. The first-order chi connectivity index (χ1) is 9.77. The number of aryl methyl sites for hydroxylation is 1. The number of hydrogen-bond acceptors (Lipinski definition) is 5. The third-order valence-electron chi connectivity index (χ3n) is 2.40. The SMILES string of the molecule is Cc1csc(NN=Cc2cc(C(F)(F)F)cc(Br)c2O)n1. The van der Waals surface area contributed by atoms with E-state index in [1.165, 1.54) is 11.3 Å². The second kappa shape index (κ2) is 6.02. The Labute approximate surface area is 130 Å². The number of hydrazone groups is 1. The predicted molar refractivity (Wildman–Crippen MR) is 78.9 cm³/mol. The Bertz CT molecular complexity index is 685. The Morgan fingerprint density at radius 2 is 2.14 bits per heavy atom. The second-order valence-corrected chi connectivity index (χ2v) is 5.77. The number of halogens is 4. The summed E-state index contributed by atoms with van der Waals surface area (Å²) in [6.45, 7) is 1.81. The monoisotopic (exact) mass is 379 g/mol. The molecule has 4 nitrogen and oxygen atoms in total. The molecule has 0 saturated heterocycles. The van der Waals surface area contributed by atoms with E-state index in [1.807, 2.05) is 0 Å². The number of phenols is 1. The van der Waals surface area contributed by atoms with E-state index in [-0.39, 0.29) is 15.8 Å². The van der Waals surface area contributed by atoms with Crippen molar-refractivity contribution in [1.82, 2.24) is 4.98 Å². The lowest BCUT2D eigenvalue weighted by Crippen LogP contribution is -2.06. The van der Waals surface area contributed by atoms with Gasteiger partial charge in [-0.05, 0) is 35.0 Å². The van der Waals surface area contributed by atoms with Crippen LogP contribution in [0.3, 0.4) is 0 Å². The van der Waals surface area contributed by atoms with Gasteiger partial charge in [0.05, 0.1) is 21.9 Å². The van der Waals surface area contributed by atoms with E-state index < -0.39 is 11.7 Å². The average Bonchev–Trinajstić information content (AvgIpc) is 2.79. The first kappa shape index (κ1) is 15.8. The predicted octanol–water partition coefficient (Wildman–Crippen LogP) is 4.38. The Morgan fingerprint density at radius 3 is 2.71 bits per heavy atom. The normalized spacial score (nSPS) is 12.0. The Hall–Kier alpha value is -1.61. The molecule has 0 amide bonds. The third-order valence-corrected chi connectivity index (χ3v) is 3.87. The van der Waals surface area contributed by atoms with Crippen LogP contribution in [0.2, 0.25) is 0 Å². The highest BCUT2D eigenvalue weighted by Crippen LogP contribution is 2.36. The van der Waals surface area contributed by atoms with E-state index in [1.54, 1.807) is 12.3 Å². The highest BCUT2D eigenvalue weighted by atomic mass is 79.9. The van der Waals surface area contributed by atoms with Crippen molar-refractivity contribution in [2.75, 3.05) is 5.43 Å². The molecule has 0 spiro atoms. The number of alkyl halides is 3. The lowest BCUT2D eigenvalue weighted by atomic mass is 10.1. The van der Waals surface area contributed by atoms with E-state index in [4.69, 9.17) is 0 Å². The van der Waals surface area contributed by atoms with Gasteiger partial charge in [0.2, 0.25) is 5.13 Å². The zero-order valence-corrected chi connectivity index (χ0v) is 13.0. The number of anilines is 1. The Morgan fingerprint density at radius 1 is 1.43 bits per heavy atom. The topological polar surface area (TPSA) is 57.5 Å². The minimum atomic E-state index is -4.50. The molecule has 0 unspecified atom stereocenters.